The highest BCUT2D eigenvalue weighted by atomic mass is 35.5. The minimum absolute atomic E-state index is 0. The summed E-state index contributed by atoms with van der Waals surface area (Å²) in [6.45, 7) is 3.23. The summed E-state index contributed by atoms with van der Waals surface area (Å²) in [5, 5.41) is 2.78. The van der Waals surface area contributed by atoms with Crippen LogP contribution in [0.2, 0.25) is 0 Å². The van der Waals surface area contributed by atoms with Crippen LogP contribution in [0, 0.1) is 0 Å². The van der Waals surface area contributed by atoms with Crippen molar-refractivity contribution in [3.63, 3.8) is 0 Å². The van der Waals surface area contributed by atoms with Crippen LogP contribution >= 0.6 is 35.8 Å². The number of hydrogen-bond acceptors (Lipinski definition) is 3. The lowest BCUT2D eigenvalue weighted by Crippen LogP contribution is -2.31. The van der Waals surface area contributed by atoms with Crippen LogP contribution in [-0.2, 0) is 11.3 Å². The molecule has 1 saturated heterocycles. The van der Waals surface area contributed by atoms with E-state index in [2.05, 4.69) is 16.3 Å². The Morgan fingerprint density at radius 2 is 2.11 bits per heavy atom. The quantitative estimate of drug-likeness (QED) is 0.866. The van der Waals surface area contributed by atoms with Gasteiger partial charge in [0.15, 0.2) is 0 Å². The molecule has 1 N–H and O–H groups in total. The highest BCUT2D eigenvalue weighted by Crippen LogP contribution is 2.16. The lowest BCUT2D eigenvalue weighted by molar-refractivity contribution is -0.113. The molecular weight excluding hydrogens is 303 g/mol. The van der Waals surface area contributed by atoms with Crippen molar-refractivity contribution in [3.05, 3.63) is 29.8 Å². The molecule has 0 radical (unpaired) electrons. The van der Waals surface area contributed by atoms with Gasteiger partial charge in [-0.25, -0.2) is 0 Å². The number of anilines is 1. The molecule has 0 unspecified atom stereocenters. The number of nitrogens with zero attached hydrogens (tertiary/aromatic N) is 1. The van der Waals surface area contributed by atoms with Crippen molar-refractivity contribution < 1.29 is 4.79 Å². The molecule has 1 heterocycles. The Morgan fingerprint density at radius 3 is 2.79 bits per heavy atom. The summed E-state index contributed by atoms with van der Waals surface area (Å²) >= 11 is 7.49. The van der Waals surface area contributed by atoms with Crippen LogP contribution in [-0.4, -0.2) is 41.3 Å². The molecule has 0 atom stereocenters. The van der Waals surface area contributed by atoms with E-state index in [9.17, 15) is 4.79 Å². The molecule has 2 rings (SSSR count). The number of nitrogens with one attached hydrogen (secondary N) is 1. The van der Waals surface area contributed by atoms with Gasteiger partial charge < -0.3 is 5.32 Å². The van der Waals surface area contributed by atoms with Gasteiger partial charge in [0, 0.05) is 36.8 Å². The van der Waals surface area contributed by atoms with Crippen LogP contribution in [0.4, 0.5) is 5.69 Å². The molecular formula is C13H18Cl2N2OS. The molecule has 1 fully saturated rings. The Balaban J connectivity index is 0.00000180. The Kier molecular flexibility index (Phi) is 7.61. The van der Waals surface area contributed by atoms with Crippen molar-refractivity contribution in [2.45, 2.75) is 6.54 Å². The van der Waals surface area contributed by atoms with Crippen LogP contribution < -0.4 is 5.32 Å². The lowest BCUT2D eigenvalue weighted by atomic mass is 10.2. The maximum absolute atomic E-state index is 11.2. The van der Waals surface area contributed by atoms with Gasteiger partial charge in [0.1, 0.15) is 5.88 Å². The van der Waals surface area contributed by atoms with Gasteiger partial charge in [-0.2, -0.15) is 11.8 Å². The van der Waals surface area contributed by atoms with Crippen LogP contribution in [0.15, 0.2) is 24.3 Å². The highest BCUT2D eigenvalue weighted by molar-refractivity contribution is 7.99. The monoisotopic (exact) mass is 320 g/mol. The smallest absolute Gasteiger partial charge is 0.239 e. The molecule has 1 aliphatic heterocycles. The van der Waals surface area contributed by atoms with E-state index in [0.29, 0.717) is 0 Å². The minimum atomic E-state index is -0.164. The normalized spacial score (nSPS) is 15.6. The molecule has 0 aliphatic carbocycles. The zero-order valence-electron chi connectivity index (χ0n) is 10.6. The zero-order chi connectivity index (χ0) is 12.8. The summed E-state index contributed by atoms with van der Waals surface area (Å²) in [4.78, 5) is 13.7. The third-order valence-corrected chi connectivity index (χ3v) is 4.03. The maximum atomic E-state index is 11.2. The van der Waals surface area contributed by atoms with Gasteiger partial charge in [0.25, 0.3) is 0 Å². The number of carbonyl (C=O) groups is 1. The van der Waals surface area contributed by atoms with Gasteiger partial charge in [-0.1, -0.05) is 12.1 Å². The average Bonchev–Trinajstić information content (AvgIpc) is 2.40. The Morgan fingerprint density at radius 1 is 1.37 bits per heavy atom. The van der Waals surface area contributed by atoms with E-state index in [-0.39, 0.29) is 24.2 Å². The fraction of sp³-hybridized carbons (Fsp3) is 0.462. The van der Waals surface area contributed by atoms with Crippen LogP contribution in [0.5, 0.6) is 0 Å². The van der Waals surface area contributed by atoms with Crippen molar-refractivity contribution in [2.24, 2.45) is 0 Å². The fourth-order valence-corrected chi connectivity index (χ4v) is 3.00. The van der Waals surface area contributed by atoms with Gasteiger partial charge in [-0.3, -0.25) is 9.69 Å². The molecule has 0 saturated carbocycles. The van der Waals surface area contributed by atoms with E-state index in [0.717, 1.165) is 25.3 Å². The van der Waals surface area contributed by atoms with E-state index < -0.39 is 0 Å². The Labute approximate surface area is 129 Å². The predicted octanol–water partition coefficient (Wildman–Crippen LogP) is 2.83. The number of carbonyl (C=O) groups excluding carboxylic acids is 1. The zero-order valence-corrected chi connectivity index (χ0v) is 13.0. The molecule has 1 amide bonds. The van der Waals surface area contributed by atoms with E-state index >= 15 is 0 Å². The summed E-state index contributed by atoms with van der Waals surface area (Å²) in [5.41, 5.74) is 2.05. The number of hydrogen-bond donors (Lipinski definition) is 1. The van der Waals surface area contributed by atoms with Crippen LogP contribution in [0.1, 0.15) is 5.56 Å². The van der Waals surface area contributed by atoms with Crippen molar-refractivity contribution in [1.82, 2.24) is 4.90 Å². The van der Waals surface area contributed by atoms with Crippen molar-refractivity contribution in [2.75, 3.05) is 35.8 Å². The largest absolute Gasteiger partial charge is 0.325 e. The molecule has 1 aromatic carbocycles. The molecule has 19 heavy (non-hydrogen) atoms. The van der Waals surface area contributed by atoms with Gasteiger partial charge in [-0.15, -0.1) is 24.0 Å². The molecule has 6 heteroatoms. The SMILES string of the molecule is Cl.O=C(CCl)Nc1cccc(CN2CCSCC2)c1. The molecule has 0 spiro atoms. The van der Waals surface area contributed by atoms with Gasteiger partial charge >= 0.3 is 0 Å². The third-order valence-electron chi connectivity index (χ3n) is 2.84. The Hall–Kier alpha value is -0.420. The summed E-state index contributed by atoms with van der Waals surface area (Å²) in [6, 6.07) is 7.97. The first-order valence-corrected chi connectivity index (χ1v) is 7.72. The first-order valence-electron chi connectivity index (χ1n) is 6.03. The average molecular weight is 321 g/mol. The van der Waals surface area contributed by atoms with Crippen molar-refractivity contribution in [3.8, 4) is 0 Å². The predicted molar refractivity (Wildman–Crippen MR) is 85.6 cm³/mol. The molecule has 0 bridgehead atoms. The molecule has 1 aliphatic rings. The second-order valence-electron chi connectivity index (χ2n) is 4.27. The number of rotatable bonds is 4. The third kappa shape index (κ3) is 5.61. The van der Waals surface area contributed by atoms with Crippen molar-refractivity contribution in [1.29, 1.82) is 0 Å². The standard InChI is InChI=1S/C13H17ClN2OS.ClH/c14-9-13(17)15-12-3-1-2-11(8-12)10-16-4-6-18-7-5-16;/h1-3,8H,4-7,9-10H2,(H,15,17);1H. The van der Waals surface area contributed by atoms with E-state index in [1.807, 2.05) is 30.0 Å². The summed E-state index contributed by atoms with van der Waals surface area (Å²) in [7, 11) is 0. The minimum Gasteiger partial charge on any atom is -0.325 e. The number of halogens is 2. The Bertz CT molecular complexity index is 411. The summed E-state index contributed by atoms with van der Waals surface area (Å²) in [5.74, 6) is 2.25. The van der Waals surface area contributed by atoms with E-state index in [1.54, 1.807) is 0 Å². The van der Waals surface area contributed by atoms with Gasteiger partial charge in [-0.05, 0) is 17.7 Å². The molecule has 0 aromatic heterocycles. The molecule has 1 aromatic rings. The van der Waals surface area contributed by atoms with Crippen LogP contribution in [0.25, 0.3) is 0 Å². The van der Waals surface area contributed by atoms with Crippen LogP contribution in [0.3, 0.4) is 0 Å². The summed E-state index contributed by atoms with van der Waals surface area (Å²) in [6.07, 6.45) is 0. The van der Waals surface area contributed by atoms with E-state index in [1.165, 1.54) is 17.1 Å². The number of thioether (sulfide) groups is 1. The number of alkyl halides is 1. The number of benzene rings is 1. The summed E-state index contributed by atoms with van der Waals surface area (Å²) < 4.78 is 0. The van der Waals surface area contributed by atoms with Crippen molar-refractivity contribution >= 4 is 47.4 Å². The second kappa shape index (κ2) is 8.69. The molecule has 106 valence electrons. The molecule has 3 nitrogen and oxygen atoms in total. The van der Waals surface area contributed by atoms with Gasteiger partial charge in [0.2, 0.25) is 5.91 Å². The van der Waals surface area contributed by atoms with E-state index in [4.69, 9.17) is 11.6 Å². The number of amides is 1. The highest BCUT2D eigenvalue weighted by Gasteiger charge is 2.10. The first kappa shape index (κ1) is 16.6. The first-order chi connectivity index (χ1) is 8.78. The van der Waals surface area contributed by atoms with Gasteiger partial charge in [0.05, 0.1) is 0 Å². The second-order valence-corrected chi connectivity index (χ2v) is 5.76. The lowest BCUT2D eigenvalue weighted by Gasteiger charge is -2.26. The fourth-order valence-electron chi connectivity index (χ4n) is 1.96. The maximum Gasteiger partial charge on any atom is 0.239 e. The topological polar surface area (TPSA) is 32.3 Å².